The number of halogens is 3. The fourth-order valence-electron chi connectivity index (χ4n) is 2.82. The normalized spacial score (nSPS) is 18.3. The number of benzene rings is 1. The molecule has 0 saturated carbocycles. The van der Waals surface area contributed by atoms with Crippen molar-refractivity contribution in [3.05, 3.63) is 28.2 Å². The standard InChI is InChI=1S/C15H17BrClFN2O/c1-9(17)15-19-13-6-11(16)12(18)7-14(13)20(15)8-10-2-4-21-5-3-10/h6-7,9-10H,2-5,8H2,1H3. The van der Waals surface area contributed by atoms with Crippen molar-refractivity contribution in [2.45, 2.75) is 31.7 Å². The molecule has 0 radical (unpaired) electrons. The zero-order valence-electron chi connectivity index (χ0n) is 11.8. The molecule has 1 aliphatic rings. The smallest absolute Gasteiger partial charge is 0.139 e. The van der Waals surface area contributed by atoms with Gasteiger partial charge in [0, 0.05) is 25.8 Å². The van der Waals surface area contributed by atoms with Gasteiger partial charge in [-0.3, -0.25) is 0 Å². The molecule has 1 aromatic carbocycles. The molecule has 1 unspecified atom stereocenters. The van der Waals surface area contributed by atoms with Crippen molar-refractivity contribution >= 4 is 38.6 Å². The van der Waals surface area contributed by atoms with Crippen molar-refractivity contribution in [1.29, 1.82) is 0 Å². The first kappa shape index (κ1) is 15.3. The van der Waals surface area contributed by atoms with Gasteiger partial charge in [-0.25, -0.2) is 9.37 Å². The van der Waals surface area contributed by atoms with Gasteiger partial charge in [-0.2, -0.15) is 0 Å². The number of aromatic nitrogens is 2. The average molecular weight is 376 g/mol. The largest absolute Gasteiger partial charge is 0.381 e. The van der Waals surface area contributed by atoms with Crippen LogP contribution in [0.3, 0.4) is 0 Å². The Morgan fingerprint density at radius 1 is 1.48 bits per heavy atom. The number of hydrogen-bond acceptors (Lipinski definition) is 2. The maximum Gasteiger partial charge on any atom is 0.139 e. The van der Waals surface area contributed by atoms with Crippen LogP contribution in [0.15, 0.2) is 16.6 Å². The molecule has 1 fully saturated rings. The highest BCUT2D eigenvalue weighted by atomic mass is 79.9. The van der Waals surface area contributed by atoms with E-state index in [1.807, 2.05) is 6.92 Å². The Balaban J connectivity index is 2.04. The molecule has 6 heteroatoms. The molecule has 0 spiro atoms. The van der Waals surface area contributed by atoms with Gasteiger partial charge in [0.15, 0.2) is 0 Å². The molecule has 1 aliphatic heterocycles. The van der Waals surface area contributed by atoms with E-state index in [-0.39, 0.29) is 11.2 Å². The van der Waals surface area contributed by atoms with Crippen molar-refractivity contribution in [3.8, 4) is 0 Å². The van der Waals surface area contributed by atoms with Crippen LogP contribution in [0.2, 0.25) is 0 Å². The summed E-state index contributed by atoms with van der Waals surface area (Å²) in [6.07, 6.45) is 2.05. The molecular formula is C15H17BrClFN2O. The molecule has 2 aromatic rings. The van der Waals surface area contributed by atoms with Gasteiger partial charge < -0.3 is 9.30 Å². The van der Waals surface area contributed by atoms with Crippen molar-refractivity contribution < 1.29 is 9.13 Å². The quantitative estimate of drug-likeness (QED) is 0.729. The third-order valence-electron chi connectivity index (χ3n) is 3.96. The molecule has 0 amide bonds. The van der Waals surface area contributed by atoms with Gasteiger partial charge in [-0.05, 0) is 47.7 Å². The molecule has 3 nitrogen and oxygen atoms in total. The van der Waals surface area contributed by atoms with Gasteiger partial charge in [0.2, 0.25) is 0 Å². The van der Waals surface area contributed by atoms with Crippen molar-refractivity contribution in [2.75, 3.05) is 13.2 Å². The maximum absolute atomic E-state index is 13.9. The molecule has 0 aliphatic carbocycles. The monoisotopic (exact) mass is 374 g/mol. The van der Waals surface area contributed by atoms with Gasteiger partial charge in [-0.1, -0.05) is 0 Å². The van der Waals surface area contributed by atoms with E-state index in [9.17, 15) is 4.39 Å². The summed E-state index contributed by atoms with van der Waals surface area (Å²) in [5.74, 6) is 1.05. The average Bonchev–Trinajstić information content (AvgIpc) is 2.79. The molecule has 1 atom stereocenters. The second-order valence-electron chi connectivity index (χ2n) is 5.51. The van der Waals surface area contributed by atoms with Crippen LogP contribution >= 0.6 is 27.5 Å². The van der Waals surface area contributed by atoms with E-state index in [1.54, 1.807) is 6.07 Å². The lowest BCUT2D eigenvalue weighted by atomic mass is 10.0. The summed E-state index contributed by atoms with van der Waals surface area (Å²) in [6, 6.07) is 3.25. The zero-order valence-corrected chi connectivity index (χ0v) is 14.1. The highest BCUT2D eigenvalue weighted by molar-refractivity contribution is 9.10. The second-order valence-corrected chi connectivity index (χ2v) is 7.02. The van der Waals surface area contributed by atoms with E-state index in [0.717, 1.165) is 49.5 Å². The van der Waals surface area contributed by atoms with E-state index in [2.05, 4.69) is 25.5 Å². The van der Waals surface area contributed by atoms with Crippen molar-refractivity contribution in [2.24, 2.45) is 5.92 Å². The summed E-state index contributed by atoms with van der Waals surface area (Å²) >= 11 is 9.48. The van der Waals surface area contributed by atoms with Gasteiger partial charge >= 0.3 is 0 Å². The molecular weight excluding hydrogens is 359 g/mol. The first-order valence-corrected chi connectivity index (χ1v) is 8.36. The van der Waals surface area contributed by atoms with Crippen LogP contribution in [0, 0.1) is 11.7 Å². The van der Waals surface area contributed by atoms with Crippen LogP contribution in [0.25, 0.3) is 11.0 Å². The number of rotatable bonds is 3. The zero-order chi connectivity index (χ0) is 15.0. The Bertz CT molecular complexity index is 653. The molecule has 114 valence electrons. The summed E-state index contributed by atoms with van der Waals surface area (Å²) < 4.78 is 21.8. The van der Waals surface area contributed by atoms with Crippen LogP contribution in [0.1, 0.15) is 31.0 Å². The van der Waals surface area contributed by atoms with Gasteiger partial charge in [0.25, 0.3) is 0 Å². The third-order valence-corrected chi connectivity index (χ3v) is 4.76. The Morgan fingerprint density at radius 3 is 2.86 bits per heavy atom. The summed E-state index contributed by atoms with van der Waals surface area (Å²) in [5.41, 5.74) is 1.59. The minimum atomic E-state index is -0.274. The van der Waals surface area contributed by atoms with Crippen LogP contribution < -0.4 is 0 Å². The third kappa shape index (κ3) is 3.10. The van der Waals surface area contributed by atoms with Crippen LogP contribution in [0.5, 0.6) is 0 Å². The maximum atomic E-state index is 13.9. The van der Waals surface area contributed by atoms with Gasteiger partial charge in [0.1, 0.15) is 11.6 Å². The summed E-state index contributed by atoms with van der Waals surface area (Å²) in [5, 5.41) is -0.209. The predicted octanol–water partition coefficient (Wildman–Crippen LogP) is 4.66. The van der Waals surface area contributed by atoms with E-state index < -0.39 is 0 Å². The van der Waals surface area contributed by atoms with E-state index >= 15 is 0 Å². The number of ether oxygens (including phenoxy) is 1. The first-order valence-electron chi connectivity index (χ1n) is 7.13. The Morgan fingerprint density at radius 2 is 2.19 bits per heavy atom. The van der Waals surface area contributed by atoms with Crippen LogP contribution in [-0.4, -0.2) is 22.8 Å². The molecule has 0 bridgehead atoms. The second kappa shape index (κ2) is 6.23. The van der Waals surface area contributed by atoms with Crippen molar-refractivity contribution in [3.63, 3.8) is 0 Å². The lowest BCUT2D eigenvalue weighted by molar-refractivity contribution is 0.0613. The minimum Gasteiger partial charge on any atom is -0.381 e. The lowest BCUT2D eigenvalue weighted by Crippen LogP contribution is -2.21. The molecule has 1 saturated heterocycles. The lowest BCUT2D eigenvalue weighted by Gasteiger charge is -2.24. The molecule has 2 heterocycles. The van der Waals surface area contributed by atoms with E-state index in [1.165, 1.54) is 6.07 Å². The number of alkyl halides is 1. The summed E-state index contributed by atoms with van der Waals surface area (Å²) in [6.45, 7) is 4.30. The van der Waals surface area contributed by atoms with E-state index in [4.69, 9.17) is 16.3 Å². The number of imidazole rings is 1. The summed E-state index contributed by atoms with van der Waals surface area (Å²) in [4.78, 5) is 4.58. The van der Waals surface area contributed by atoms with Gasteiger partial charge in [-0.15, -0.1) is 11.6 Å². The fourth-order valence-corrected chi connectivity index (χ4v) is 3.32. The molecule has 1 aromatic heterocycles. The minimum absolute atomic E-state index is 0.209. The number of fused-ring (bicyclic) bond motifs is 1. The fraction of sp³-hybridized carbons (Fsp3) is 0.533. The first-order chi connectivity index (χ1) is 10.1. The van der Waals surface area contributed by atoms with Gasteiger partial charge in [0.05, 0.1) is 20.9 Å². The molecule has 0 N–H and O–H groups in total. The number of nitrogens with zero attached hydrogens (tertiary/aromatic N) is 2. The van der Waals surface area contributed by atoms with Crippen molar-refractivity contribution in [1.82, 2.24) is 9.55 Å². The Labute approximate surface area is 136 Å². The van der Waals surface area contributed by atoms with Crippen LogP contribution in [-0.2, 0) is 11.3 Å². The Hall–Kier alpha value is -0.650. The molecule has 3 rings (SSSR count). The topological polar surface area (TPSA) is 27.1 Å². The molecule has 21 heavy (non-hydrogen) atoms. The predicted molar refractivity (Wildman–Crippen MR) is 85.2 cm³/mol. The van der Waals surface area contributed by atoms with Crippen LogP contribution in [0.4, 0.5) is 4.39 Å². The Kier molecular flexibility index (Phi) is 4.52. The summed E-state index contributed by atoms with van der Waals surface area (Å²) in [7, 11) is 0. The number of hydrogen-bond donors (Lipinski definition) is 0. The van der Waals surface area contributed by atoms with E-state index in [0.29, 0.717) is 10.4 Å². The highest BCUT2D eigenvalue weighted by Gasteiger charge is 2.21. The SMILES string of the molecule is CC(Cl)c1nc2cc(Br)c(F)cc2n1CC1CCOCC1. The highest BCUT2D eigenvalue weighted by Crippen LogP contribution is 2.30.